The smallest absolute Gasteiger partial charge is 0.287 e. The van der Waals surface area contributed by atoms with Crippen LogP contribution in [0.25, 0.3) is 11.0 Å². The number of amides is 1. The Labute approximate surface area is 132 Å². The second-order valence-corrected chi connectivity index (χ2v) is 5.41. The maximum absolute atomic E-state index is 12.9. The first-order valence-corrected chi connectivity index (χ1v) is 7.27. The maximum Gasteiger partial charge on any atom is 0.287 e. The molecule has 1 amide bonds. The molecule has 0 saturated carbocycles. The Hall–Kier alpha value is -2.66. The van der Waals surface area contributed by atoms with Crippen molar-refractivity contribution in [3.63, 3.8) is 0 Å². The van der Waals surface area contributed by atoms with Gasteiger partial charge in [-0.05, 0) is 36.8 Å². The molecule has 118 valence electrons. The average molecular weight is 313 g/mol. The predicted molar refractivity (Wildman–Crippen MR) is 84.5 cm³/mol. The molecule has 0 saturated heterocycles. The van der Waals surface area contributed by atoms with Gasteiger partial charge in [-0.1, -0.05) is 30.3 Å². The molecule has 1 heterocycles. The van der Waals surface area contributed by atoms with E-state index in [-0.39, 0.29) is 11.6 Å². The van der Waals surface area contributed by atoms with E-state index in [1.54, 1.807) is 19.1 Å². The molecule has 2 aromatic carbocycles. The van der Waals surface area contributed by atoms with Crippen LogP contribution in [-0.4, -0.2) is 17.1 Å². The molecule has 0 spiro atoms. The molecule has 0 aliphatic carbocycles. The van der Waals surface area contributed by atoms with Crippen molar-refractivity contribution < 1.29 is 18.7 Å². The molecular weight excluding hydrogens is 297 g/mol. The molecule has 0 bridgehead atoms. The minimum absolute atomic E-state index is 0.185. The number of para-hydroxylation sites is 1. The van der Waals surface area contributed by atoms with Gasteiger partial charge in [-0.25, -0.2) is 4.39 Å². The van der Waals surface area contributed by atoms with E-state index in [2.05, 4.69) is 5.32 Å². The lowest BCUT2D eigenvalue weighted by atomic mass is 10.0. The van der Waals surface area contributed by atoms with E-state index in [0.29, 0.717) is 11.1 Å². The van der Waals surface area contributed by atoms with E-state index in [1.807, 2.05) is 18.2 Å². The molecule has 0 aliphatic rings. The van der Waals surface area contributed by atoms with Crippen molar-refractivity contribution in [3.8, 4) is 0 Å². The number of aliphatic hydroxyl groups is 1. The summed E-state index contributed by atoms with van der Waals surface area (Å²) in [5, 5.41) is 13.8. The number of carbonyl (C=O) groups is 1. The van der Waals surface area contributed by atoms with Gasteiger partial charge in [-0.15, -0.1) is 0 Å². The van der Waals surface area contributed by atoms with E-state index in [1.165, 1.54) is 24.3 Å². The van der Waals surface area contributed by atoms with E-state index in [0.717, 1.165) is 5.39 Å². The fourth-order valence-electron chi connectivity index (χ4n) is 2.40. The van der Waals surface area contributed by atoms with Crippen LogP contribution in [0.5, 0.6) is 0 Å². The summed E-state index contributed by atoms with van der Waals surface area (Å²) in [4.78, 5) is 12.2. The molecule has 0 aliphatic heterocycles. The van der Waals surface area contributed by atoms with Crippen LogP contribution in [0.3, 0.4) is 0 Å². The van der Waals surface area contributed by atoms with Crippen molar-refractivity contribution >= 4 is 16.9 Å². The molecule has 3 rings (SSSR count). The molecule has 5 heteroatoms. The Kier molecular flexibility index (Phi) is 4.12. The molecular formula is C18H16FNO3. The first-order valence-electron chi connectivity index (χ1n) is 7.27. The summed E-state index contributed by atoms with van der Waals surface area (Å²) in [7, 11) is 0. The van der Waals surface area contributed by atoms with Crippen LogP contribution in [0.4, 0.5) is 4.39 Å². The monoisotopic (exact) mass is 313 g/mol. The van der Waals surface area contributed by atoms with Gasteiger partial charge in [-0.3, -0.25) is 4.79 Å². The number of nitrogens with one attached hydrogen (secondary N) is 1. The number of halogens is 1. The van der Waals surface area contributed by atoms with Crippen LogP contribution in [0.2, 0.25) is 0 Å². The highest BCUT2D eigenvalue weighted by molar-refractivity contribution is 5.96. The van der Waals surface area contributed by atoms with E-state index >= 15 is 0 Å². The number of hydrogen-bond acceptors (Lipinski definition) is 3. The first-order chi connectivity index (χ1) is 11.0. The highest BCUT2D eigenvalue weighted by atomic mass is 19.1. The Balaban J connectivity index is 1.72. The van der Waals surface area contributed by atoms with Crippen molar-refractivity contribution in [2.24, 2.45) is 0 Å². The molecule has 4 nitrogen and oxygen atoms in total. The van der Waals surface area contributed by atoms with Crippen LogP contribution in [0, 0.1) is 5.82 Å². The van der Waals surface area contributed by atoms with Gasteiger partial charge in [0, 0.05) is 5.39 Å². The molecule has 2 atom stereocenters. The van der Waals surface area contributed by atoms with Crippen molar-refractivity contribution in [2.45, 2.75) is 19.1 Å². The van der Waals surface area contributed by atoms with Gasteiger partial charge in [-0.2, -0.15) is 0 Å². The summed E-state index contributed by atoms with van der Waals surface area (Å²) in [6.07, 6.45) is -0.941. The van der Waals surface area contributed by atoms with E-state index < -0.39 is 18.1 Å². The quantitative estimate of drug-likeness (QED) is 0.776. The van der Waals surface area contributed by atoms with Gasteiger partial charge in [0.05, 0.1) is 12.1 Å². The molecule has 3 aromatic rings. The largest absolute Gasteiger partial charge is 0.451 e. The molecule has 23 heavy (non-hydrogen) atoms. The van der Waals surface area contributed by atoms with Crippen molar-refractivity contribution in [1.82, 2.24) is 5.32 Å². The Bertz CT molecular complexity index is 793. The second-order valence-electron chi connectivity index (χ2n) is 5.41. The number of fused-ring (bicyclic) bond motifs is 1. The number of furan rings is 1. The number of rotatable bonds is 4. The Morgan fingerprint density at radius 2 is 1.87 bits per heavy atom. The fourth-order valence-corrected chi connectivity index (χ4v) is 2.40. The fraction of sp³-hybridized carbons (Fsp3) is 0.167. The molecule has 0 fully saturated rings. The summed E-state index contributed by atoms with van der Waals surface area (Å²) < 4.78 is 18.4. The van der Waals surface area contributed by atoms with Crippen molar-refractivity contribution in [2.75, 3.05) is 0 Å². The zero-order valence-electron chi connectivity index (χ0n) is 12.5. The van der Waals surface area contributed by atoms with Crippen LogP contribution in [-0.2, 0) is 0 Å². The molecule has 2 N–H and O–H groups in total. The third kappa shape index (κ3) is 3.24. The first kappa shape index (κ1) is 15.2. The average Bonchev–Trinajstić information content (AvgIpc) is 2.99. The highest BCUT2D eigenvalue weighted by Gasteiger charge is 2.21. The predicted octanol–water partition coefficient (Wildman–Crippen LogP) is 3.42. The van der Waals surface area contributed by atoms with Gasteiger partial charge in [0.25, 0.3) is 5.91 Å². The maximum atomic E-state index is 12.9. The minimum Gasteiger partial charge on any atom is -0.451 e. The normalized spacial score (nSPS) is 13.7. The van der Waals surface area contributed by atoms with Gasteiger partial charge in [0.2, 0.25) is 0 Å². The van der Waals surface area contributed by atoms with E-state index in [9.17, 15) is 14.3 Å². The summed E-state index contributed by atoms with van der Waals surface area (Å²) >= 11 is 0. The topological polar surface area (TPSA) is 62.5 Å². The van der Waals surface area contributed by atoms with Gasteiger partial charge in [0.1, 0.15) is 11.4 Å². The Morgan fingerprint density at radius 3 is 2.57 bits per heavy atom. The number of benzene rings is 2. The molecule has 0 radical (unpaired) electrons. The molecule has 1 aromatic heterocycles. The van der Waals surface area contributed by atoms with Crippen molar-refractivity contribution in [3.05, 3.63) is 71.7 Å². The van der Waals surface area contributed by atoms with Gasteiger partial charge in [0.15, 0.2) is 5.76 Å². The number of hydrogen-bond donors (Lipinski definition) is 2. The highest BCUT2D eigenvalue weighted by Crippen LogP contribution is 2.20. The number of aliphatic hydroxyl groups excluding tert-OH is 1. The summed E-state index contributed by atoms with van der Waals surface area (Å²) in [6.45, 7) is 1.68. The summed E-state index contributed by atoms with van der Waals surface area (Å²) in [6, 6.07) is 13.9. The van der Waals surface area contributed by atoms with Crippen LogP contribution in [0.15, 0.2) is 59.0 Å². The van der Waals surface area contributed by atoms with Crippen LogP contribution >= 0.6 is 0 Å². The van der Waals surface area contributed by atoms with Crippen LogP contribution in [0.1, 0.15) is 29.1 Å². The summed E-state index contributed by atoms with van der Waals surface area (Å²) in [5.74, 6) is -0.598. The Morgan fingerprint density at radius 1 is 1.17 bits per heavy atom. The minimum atomic E-state index is -0.941. The lowest BCUT2D eigenvalue weighted by Gasteiger charge is -2.20. The standard InChI is InChI=1S/C18H16FNO3/c1-11(17(21)12-6-8-14(19)9-7-12)20-18(22)16-10-13-4-2-3-5-15(13)23-16/h2-11,17,21H,1H3,(H,20,22)/t11-,17-/m0/s1. The van der Waals surface area contributed by atoms with Gasteiger partial charge < -0.3 is 14.8 Å². The third-order valence-electron chi connectivity index (χ3n) is 3.69. The third-order valence-corrected chi connectivity index (χ3v) is 3.69. The van der Waals surface area contributed by atoms with Crippen LogP contribution < -0.4 is 5.32 Å². The van der Waals surface area contributed by atoms with Crippen molar-refractivity contribution in [1.29, 1.82) is 0 Å². The SMILES string of the molecule is C[C@H](NC(=O)c1cc2ccccc2o1)[C@H](O)c1ccc(F)cc1. The lowest BCUT2D eigenvalue weighted by molar-refractivity contribution is 0.0828. The lowest BCUT2D eigenvalue weighted by Crippen LogP contribution is -2.36. The number of carbonyl (C=O) groups excluding carboxylic acids is 1. The molecule has 0 unspecified atom stereocenters. The zero-order chi connectivity index (χ0) is 16.4. The second kappa shape index (κ2) is 6.22. The van der Waals surface area contributed by atoms with Gasteiger partial charge >= 0.3 is 0 Å². The summed E-state index contributed by atoms with van der Waals surface area (Å²) in [5.41, 5.74) is 1.16. The van der Waals surface area contributed by atoms with E-state index in [4.69, 9.17) is 4.42 Å². The zero-order valence-corrected chi connectivity index (χ0v) is 12.5.